The second-order valence-corrected chi connectivity index (χ2v) is 11.4. The minimum absolute atomic E-state index is 0.0153. The van der Waals surface area contributed by atoms with Gasteiger partial charge in [-0.25, -0.2) is 0 Å². The lowest BCUT2D eigenvalue weighted by molar-refractivity contribution is -0.204. The molecule has 0 aromatic carbocycles. The molecule has 7 atom stereocenters. The van der Waals surface area contributed by atoms with E-state index in [1.54, 1.807) is 12.2 Å². The number of esters is 1. The predicted octanol–water partition coefficient (Wildman–Crippen LogP) is 2.63. The fourth-order valence-electron chi connectivity index (χ4n) is 7.92. The van der Waals surface area contributed by atoms with Crippen LogP contribution in [0.15, 0.2) is 23.8 Å². The lowest BCUT2D eigenvalue weighted by Crippen LogP contribution is -2.64. The first-order chi connectivity index (χ1) is 15.9. The van der Waals surface area contributed by atoms with E-state index < -0.39 is 46.4 Å². The van der Waals surface area contributed by atoms with E-state index in [0.29, 0.717) is 25.7 Å². The van der Waals surface area contributed by atoms with Gasteiger partial charge in [0.2, 0.25) is 5.78 Å². The average molecular weight is 474 g/mol. The van der Waals surface area contributed by atoms with Crippen LogP contribution in [0, 0.1) is 28.6 Å². The highest BCUT2D eigenvalue weighted by molar-refractivity contribution is 6.01. The highest BCUT2D eigenvalue weighted by atomic mass is 16.6. The smallest absolute Gasteiger partial charge is 0.327 e. The number of ether oxygens (including phenoxy) is 1. The third-order valence-electron chi connectivity index (χ3n) is 10.1. The maximum atomic E-state index is 13.3. The van der Waals surface area contributed by atoms with Gasteiger partial charge < -0.3 is 20.7 Å². The number of Topliss-reactive ketones (excluding diaryl/α,β-unsaturated/α-hetero) is 1. The summed E-state index contributed by atoms with van der Waals surface area (Å²) in [6.45, 7) is 6.93. The normalized spacial score (nSPS) is 41.3. The number of aliphatic hydroxyl groups excluding tert-OH is 2. The summed E-state index contributed by atoms with van der Waals surface area (Å²) in [5, 5.41) is 21.5. The first-order valence-electron chi connectivity index (χ1n) is 12.7. The van der Waals surface area contributed by atoms with Crippen LogP contribution in [0.3, 0.4) is 0 Å². The molecule has 4 rings (SSSR count). The van der Waals surface area contributed by atoms with Gasteiger partial charge in [0.15, 0.2) is 11.4 Å². The highest BCUT2D eigenvalue weighted by Crippen LogP contribution is 2.68. The molecule has 0 saturated heterocycles. The van der Waals surface area contributed by atoms with Crippen molar-refractivity contribution in [1.82, 2.24) is 0 Å². The summed E-state index contributed by atoms with van der Waals surface area (Å²) in [5.41, 5.74) is 3.43. The number of carbonyl (C=O) groups excluding carboxylic acids is 3. The molecule has 0 aliphatic heterocycles. The largest absolute Gasteiger partial charge is 0.449 e. The van der Waals surface area contributed by atoms with Gasteiger partial charge in [0.1, 0.15) is 12.1 Å². The Morgan fingerprint density at radius 1 is 1.24 bits per heavy atom. The van der Waals surface area contributed by atoms with Crippen LogP contribution in [0.2, 0.25) is 0 Å². The minimum atomic E-state index is -1.51. The SMILES string of the molecule is CCC(N)(CC)C(=O)O[C@]1(C(=O)CO)CC[C@H]2[C@@H]3CCC4=CC(=O)C=C[C@]4(C)[C@H]3[C@@H](O)C[C@@]21C. The monoisotopic (exact) mass is 473 g/mol. The summed E-state index contributed by atoms with van der Waals surface area (Å²) in [7, 11) is 0. The molecule has 7 nitrogen and oxygen atoms in total. The van der Waals surface area contributed by atoms with Crippen molar-refractivity contribution in [3.05, 3.63) is 23.8 Å². The van der Waals surface area contributed by atoms with Gasteiger partial charge in [0.25, 0.3) is 0 Å². The van der Waals surface area contributed by atoms with Gasteiger partial charge in [-0.05, 0) is 68.9 Å². The van der Waals surface area contributed by atoms with Crippen LogP contribution in [0.5, 0.6) is 0 Å². The van der Waals surface area contributed by atoms with Crippen molar-refractivity contribution < 1.29 is 29.3 Å². The summed E-state index contributed by atoms with van der Waals surface area (Å²) >= 11 is 0. The van der Waals surface area contributed by atoms with E-state index in [1.807, 2.05) is 26.8 Å². The number of rotatable bonds is 6. The van der Waals surface area contributed by atoms with E-state index >= 15 is 0 Å². The topological polar surface area (TPSA) is 127 Å². The third kappa shape index (κ3) is 3.30. The average Bonchev–Trinajstić information content (AvgIpc) is 3.10. The molecule has 3 fully saturated rings. The maximum absolute atomic E-state index is 13.3. The Hall–Kier alpha value is -1.83. The minimum Gasteiger partial charge on any atom is -0.449 e. The maximum Gasteiger partial charge on any atom is 0.327 e. The number of allylic oxidation sites excluding steroid dienone is 4. The van der Waals surface area contributed by atoms with E-state index in [1.165, 1.54) is 0 Å². The number of aliphatic hydroxyl groups is 2. The molecule has 0 spiro atoms. The van der Waals surface area contributed by atoms with Crippen molar-refractivity contribution in [2.24, 2.45) is 34.3 Å². The highest BCUT2D eigenvalue weighted by Gasteiger charge is 2.70. The number of hydrogen-bond donors (Lipinski definition) is 3. The van der Waals surface area contributed by atoms with E-state index in [-0.39, 0.29) is 30.0 Å². The van der Waals surface area contributed by atoms with Crippen molar-refractivity contribution in [3.8, 4) is 0 Å². The summed E-state index contributed by atoms with van der Waals surface area (Å²) < 4.78 is 6.09. The van der Waals surface area contributed by atoms with Gasteiger partial charge in [0, 0.05) is 16.7 Å². The van der Waals surface area contributed by atoms with Crippen LogP contribution in [0.25, 0.3) is 0 Å². The van der Waals surface area contributed by atoms with Gasteiger partial charge in [-0.15, -0.1) is 0 Å². The molecule has 188 valence electrons. The quantitative estimate of drug-likeness (QED) is 0.506. The molecule has 0 amide bonds. The van der Waals surface area contributed by atoms with Crippen molar-refractivity contribution >= 4 is 17.5 Å². The molecule has 0 heterocycles. The molecule has 4 aliphatic carbocycles. The molecule has 0 aromatic heterocycles. The van der Waals surface area contributed by atoms with Crippen molar-refractivity contribution in [2.45, 2.75) is 89.9 Å². The Balaban J connectivity index is 1.74. The van der Waals surface area contributed by atoms with Crippen molar-refractivity contribution in [2.75, 3.05) is 6.61 Å². The second kappa shape index (κ2) is 8.38. The zero-order valence-corrected chi connectivity index (χ0v) is 20.8. The number of nitrogens with two attached hydrogens (primary N) is 1. The summed E-state index contributed by atoms with van der Waals surface area (Å²) in [6.07, 6.45) is 8.05. The van der Waals surface area contributed by atoms with Crippen molar-refractivity contribution in [3.63, 3.8) is 0 Å². The third-order valence-corrected chi connectivity index (χ3v) is 10.1. The molecule has 7 heteroatoms. The van der Waals surface area contributed by atoms with Crippen LogP contribution in [0.1, 0.15) is 72.6 Å². The first-order valence-corrected chi connectivity index (χ1v) is 12.7. The van der Waals surface area contributed by atoms with Crippen LogP contribution >= 0.6 is 0 Å². The molecule has 4 N–H and O–H groups in total. The molecule has 34 heavy (non-hydrogen) atoms. The molecular weight excluding hydrogens is 434 g/mol. The number of hydrogen-bond acceptors (Lipinski definition) is 7. The Bertz CT molecular complexity index is 951. The van der Waals surface area contributed by atoms with Gasteiger partial charge in [-0.2, -0.15) is 0 Å². The van der Waals surface area contributed by atoms with E-state index in [2.05, 4.69) is 6.92 Å². The number of ketones is 2. The summed E-state index contributed by atoms with van der Waals surface area (Å²) in [6, 6.07) is 0. The van der Waals surface area contributed by atoms with E-state index in [4.69, 9.17) is 10.5 Å². The van der Waals surface area contributed by atoms with Crippen LogP contribution in [-0.4, -0.2) is 51.6 Å². The molecule has 4 aliphatic rings. The van der Waals surface area contributed by atoms with E-state index in [9.17, 15) is 24.6 Å². The van der Waals surface area contributed by atoms with Gasteiger partial charge in [0.05, 0.1) is 6.10 Å². The Labute approximate surface area is 201 Å². The molecule has 0 aromatic rings. The zero-order chi connectivity index (χ0) is 25.1. The molecule has 0 radical (unpaired) electrons. The zero-order valence-electron chi connectivity index (χ0n) is 20.8. The van der Waals surface area contributed by atoms with E-state index in [0.717, 1.165) is 18.4 Å². The molecular formula is C27H39NO6. The van der Waals surface area contributed by atoms with Crippen molar-refractivity contribution in [1.29, 1.82) is 0 Å². The number of fused-ring (bicyclic) bond motifs is 5. The number of carbonyl (C=O) groups is 3. The molecule has 3 saturated carbocycles. The molecule has 0 bridgehead atoms. The fourth-order valence-corrected chi connectivity index (χ4v) is 7.92. The fraction of sp³-hybridized carbons (Fsp3) is 0.741. The van der Waals surface area contributed by atoms with Crippen LogP contribution < -0.4 is 5.73 Å². The molecule has 0 unspecified atom stereocenters. The van der Waals surface area contributed by atoms with Crippen LogP contribution in [-0.2, 0) is 19.1 Å². The lowest BCUT2D eigenvalue weighted by atomic mass is 9.46. The van der Waals surface area contributed by atoms with Crippen LogP contribution in [0.4, 0.5) is 0 Å². The first kappa shape index (κ1) is 25.3. The Kier molecular flexibility index (Phi) is 6.23. The lowest BCUT2D eigenvalue weighted by Gasteiger charge is -2.60. The van der Waals surface area contributed by atoms with Gasteiger partial charge in [-0.3, -0.25) is 14.4 Å². The summed E-state index contributed by atoms with van der Waals surface area (Å²) in [4.78, 5) is 38.6. The van der Waals surface area contributed by atoms with Gasteiger partial charge >= 0.3 is 5.97 Å². The Morgan fingerprint density at radius 2 is 1.91 bits per heavy atom. The predicted molar refractivity (Wildman–Crippen MR) is 126 cm³/mol. The standard InChI is InChI=1S/C27H39NO6/c1-5-26(28,6-2)23(33)34-27(21(32)15-29)12-10-19-18-8-7-16-13-17(30)9-11-24(16,3)22(18)20(31)14-25(19,27)4/h9,11,13,18-20,22,29,31H,5-8,10,12,14-15,28H2,1-4H3/t18-,19-,20-,22+,24-,25-,27-/m0/s1. The summed E-state index contributed by atoms with van der Waals surface area (Å²) in [5.74, 6) is -1.11. The van der Waals surface area contributed by atoms with Gasteiger partial charge in [-0.1, -0.05) is 39.3 Å². The second-order valence-electron chi connectivity index (χ2n) is 11.4. The Morgan fingerprint density at radius 3 is 2.53 bits per heavy atom.